The maximum absolute atomic E-state index is 10.7. The van der Waals surface area contributed by atoms with Crippen molar-refractivity contribution in [1.82, 2.24) is 5.32 Å². The van der Waals surface area contributed by atoms with E-state index in [-0.39, 0.29) is 5.57 Å². The average molecular weight is 278 g/mol. The van der Waals surface area contributed by atoms with Crippen LogP contribution in [0.2, 0.25) is 0 Å². The van der Waals surface area contributed by atoms with Gasteiger partial charge in [0, 0.05) is 12.4 Å². The van der Waals surface area contributed by atoms with Crippen LogP contribution in [0.1, 0.15) is 0 Å². The lowest BCUT2D eigenvalue weighted by molar-refractivity contribution is -0.132. The Hall–Kier alpha value is -1.07. The molecule has 4 nitrogen and oxygen atoms in total. The van der Waals surface area contributed by atoms with Crippen LogP contribution in [-0.4, -0.2) is 17.3 Å². The molecule has 0 aromatic heterocycles. The minimum atomic E-state index is -1.17. The van der Waals surface area contributed by atoms with Gasteiger partial charge in [-0.05, 0) is 22.0 Å². The van der Waals surface area contributed by atoms with Crippen molar-refractivity contribution in [2.75, 3.05) is 0 Å². The molecule has 1 aliphatic heterocycles. The predicted molar refractivity (Wildman–Crippen MR) is 57.5 cm³/mol. The van der Waals surface area contributed by atoms with Gasteiger partial charge >= 0.3 is 5.97 Å². The van der Waals surface area contributed by atoms with E-state index in [2.05, 4.69) is 21.2 Å². The molecule has 0 atom stereocenters. The highest BCUT2D eigenvalue weighted by molar-refractivity contribution is 9.12. The molecule has 0 spiro atoms. The first-order chi connectivity index (χ1) is 6.56. The zero-order valence-corrected chi connectivity index (χ0v) is 9.19. The third kappa shape index (κ3) is 2.24. The fourth-order valence-corrected chi connectivity index (χ4v) is 1.25. The van der Waals surface area contributed by atoms with Crippen LogP contribution in [0.4, 0.5) is 0 Å². The lowest BCUT2D eigenvalue weighted by atomic mass is 10.2. The third-order valence-corrected chi connectivity index (χ3v) is 2.72. The topological polar surface area (TPSA) is 73.2 Å². The second-order valence-electron chi connectivity index (χ2n) is 2.41. The maximum atomic E-state index is 10.7. The van der Waals surface area contributed by atoms with Crippen LogP contribution in [0.25, 0.3) is 0 Å². The van der Waals surface area contributed by atoms with Crippen LogP contribution in [0.5, 0.6) is 0 Å². The summed E-state index contributed by atoms with van der Waals surface area (Å²) in [6, 6.07) is 0. The standard InChI is InChI=1S/C8H6BrClN2O2/c9-5-3-12-7(1-6(5)10)4(2-11)8(13)14/h1-3,11-12H,(H,13,14)/b7-4+,11-2?. The summed E-state index contributed by atoms with van der Waals surface area (Å²) < 4.78 is 0.637. The van der Waals surface area contributed by atoms with Gasteiger partial charge in [0.2, 0.25) is 0 Å². The van der Waals surface area contributed by atoms with E-state index in [4.69, 9.17) is 22.1 Å². The molecule has 0 fully saturated rings. The molecule has 1 heterocycles. The number of carboxylic acids is 1. The number of aliphatic carboxylic acids is 1. The first-order valence-electron chi connectivity index (χ1n) is 3.54. The van der Waals surface area contributed by atoms with Gasteiger partial charge in [-0.1, -0.05) is 11.6 Å². The first-order valence-corrected chi connectivity index (χ1v) is 4.71. The van der Waals surface area contributed by atoms with E-state index in [0.717, 1.165) is 6.21 Å². The molecule has 0 saturated carbocycles. The number of halogens is 2. The summed E-state index contributed by atoms with van der Waals surface area (Å²) in [4.78, 5) is 10.7. The number of nitrogens with one attached hydrogen (secondary N) is 2. The van der Waals surface area contributed by atoms with Gasteiger partial charge in [0.25, 0.3) is 0 Å². The first kappa shape index (κ1) is 11.0. The predicted octanol–water partition coefficient (Wildman–Crippen LogP) is 1.94. The van der Waals surface area contributed by atoms with E-state index < -0.39 is 5.97 Å². The second kappa shape index (κ2) is 4.43. The Morgan fingerprint density at radius 1 is 1.71 bits per heavy atom. The van der Waals surface area contributed by atoms with E-state index in [1.165, 1.54) is 12.3 Å². The van der Waals surface area contributed by atoms with Crippen molar-refractivity contribution >= 4 is 39.7 Å². The highest BCUT2D eigenvalue weighted by Crippen LogP contribution is 2.25. The molecule has 0 bridgehead atoms. The molecule has 6 heteroatoms. The molecular weight excluding hydrogens is 271 g/mol. The molecule has 0 amide bonds. The summed E-state index contributed by atoms with van der Waals surface area (Å²) in [5.74, 6) is -1.17. The van der Waals surface area contributed by atoms with Crippen molar-refractivity contribution < 1.29 is 9.90 Å². The molecule has 74 valence electrons. The SMILES string of the molecule is N=C/C(C(=O)O)=C1/C=C(Cl)C(Br)=CN1. The molecule has 0 aromatic rings. The molecule has 0 saturated heterocycles. The van der Waals surface area contributed by atoms with Crippen molar-refractivity contribution in [2.24, 2.45) is 0 Å². The van der Waals surface area contributed by atoms with Crippen LogP contribution in [0.3, 0.4) is 0 Å². The Bertz CT molecular complexity index is 385. The number of hydrogen-bond donors (Lipinski definition) is 3. The van der Waals surface area contributed by atoms with Crippen molar-refractivity contribution in [1.29, 1.82) is 5.41 Å². The number of carbonyl (C=O) groups is 1. The quantitative estimate of drug-likeness (QED) is 0.533. The molecule has 0 unspecified atom stereocenters. The Morgan fingerprint density at radius 3 is 2.79 bits per heavy atom. The summed E-state index contributed by atoms with van der Waals surface area (Å²) in [6.07, 6.45) is 3.72. The van der Waals surface area contributed by atoms with Gasteiger partial charge in [0.1, 0.15) is 5.57 Å². The van der Waals surface area contributed by atoms with Crippen LogP contribution in [0, 0.1) is 5.41 Å². The monoisotopic (exact) mass is 276 g/mol. The van der Waals surface area contributed by atoms with Gasteiger partial charge in [-0.3, -0.25) is 0 Å². The molecule has 0 aliphatic carbocycles. The number of rotatable bonds is 2. The molecule has 0 radical (unpaired) electrons. The van der Waals surface area contributed by atoms with Crippen LogP contribution in [0.15, 0.2) is 33.1 Å². The lowest BCUT2D eigenvalue weighted by Crippen LogP contribution is -2.16. The van der Waals surface area contributed by atoms with Gasteiger partial charge < -0.3 is 15.8 Å². The average Bonchev–Trinajstić information content (AvgIpc) is 2.11. The summed E-state index contributed by atoms with van der Waals surface area (Å²) in [5, 5.41) is 18.8. The summed E-state index contributed by atoms with van der Waals surface area (Å²) in [6.45, 7) is 0. The number of allylic oxidation sites excluding steroid dienone is 3. The lowest BCUT2D eigenvalue weighted by Gasteiger charge is -2.11. The largest absolute Gasteiger partial charge is 0.478 e. The van der Waals surface area contributed by atoms with Gasteiger partial charge in [-0.25, -0.2) is 4.79 Å². The molecular formula is C8H6BrClN2O2. The summed E-state index contributed by atoms with van der Waals surface area (Å²) in [5.41, 5.74) is 0.153. The minimum absolute atomic E-state index is 0.139. The minimum Gasteiger partial charge on any atom is -0.478 e. The van der Waals surface area contributed by atoms with E-state index in [0.29, 0.717) is 15.2 Å². The Morgan fingerprint density at radius 2 is 2.36 bits per heavy atom. The zero-order valence-electron chi connectivity index (χ0n) is 6.84. The van der Waals surface area contributed by atoms with Gasteiger partial charge in [-0.2, -0.15) is 0 Å². The fourth-order valence-electron chi connectivity index (χ4n) is 0.858. The summed E-state index contributed by atoms with van der Waals surface area (Å²) >= 11 is 8.93. The highest BCUT2D eigenvalue weighted by atomic mass is 79.9. The van der Waals surface area contributed by atoms with E-state index in [9.17, 15) is 4.79 Å². The Balaban J connectivity index is 3.14. The number of carboxylic acid groups (broad SMARTS) is 1. The molecule has 14 heavy (non-hydrogen) atoms. The van der Waals surface area contributed by atoms with E-state index >= 15 is 0 Å². The van der Waals surface area contributed by atoms with Crippen molar-refractivity contribution in [2.45, 2.75) is 0 Å². The zero-order chi connectivity index (χ0) is 10.7. The maximum Gasteiger partial charge on any atom is 0.339 e. The Labute approximate surface area is 93.6 Å². The van der Waals surface area contributed by atoms with E-state index in [1.54, 1.807) is 0 Å². The van der Waals surface area contributed by atoms with Crippen molar-refractivity contribution in [3.63, 3.8) is 0 Å². The van der Waals surface area contributed by atoms with Gasteiger partial charge in [-0.15, -0.1) is 0 Å². The number of hydrogen-bond acceptors (Lipinski definition) is 3. The molecule has 3 N–H and O–H groups in total. The van der Waals surface area contributed by atoms with Crippen molar-refractivity contribution in [3.8, 4) is 0 Å². The second-order valence-corrected chi connectivity index (χ2v) is 3.67. The normalized spacial score (nSPS) is 19.0. The number of dihydropyridines is 1. The van der Waals surface area contributed by atoms with Crippen molar-refractivity contribution in [3.05, 3.63) is 33.1 Å². The van der Waals surface area contributed by atoms with Crippen LogP contribution < -0.4 is 5.32 Å². The molecule has 1 rings (SSSR count). The van der Waals surface area contributed by atoms with E-state index in [1.807, 2.05) is 0 Å². The fraction of sp³-hybridized carbons (Fsp3) is 0. The summed E-state index contributed by atoms with van der Waals surface area (Å²) in [7, 11) is 0. The molecule has 0 aromatic carbocycles. The van der Waals surface area contributed by atoms with Gasteiger partial charge in [0.05, 0.1) is 15.2 Å². The molecule has 1 aliphatic rings. The smallest absolute Gasteiger partial charge is 0.339 e. The Kier molecular flexibility index (Phi) is 3.49. The third-order valence-electron chi connectivity index (χ3n) is 1.52. The van der Waals surface area contributed by atoms with Gasteiger partial charge in [0.15, 0.2) is 0 Å². The highest BCUT2D eigenvalue weighted by Gasteiger charge is 2.14. The van der Waals surface area contributed by atoms with Crippen LogP contribution in [-0.2, 0) is 4.79 Å². The van der Waals surface area contributed by atoms with Crippen LogP contribution >= 0.6 is 27.5 Å².